The Morgan fingerprint density at radius 3 is 2.95 bits per heavy atom. The van der Waals surface area contributed by atoms with Crippen molar-refractivity contribution >= 4 is 16.8 Å². The average Bonchev–Trinajstić information content (AvgIpc) is 2.96. The van der Waals surface area contributed by atoms with Crippen molar-refractivity contribution in [3.8, 4) is 0 Å². The summed E-state index contributed by atoms with van der Waals surface area (Å²) < 4.78 is 0. The van der Waals surface area contributed by atoms with E-state index in [2.05, 4.69) is 41.9 Å². The van der Waals surface area contributed by atoms with E-state index in [1.54, 1.807) is 0 Å². The van der Waals surface area contributed by atoms with Crippen LogP contribution in [0, 0.1) is 19.8 Å². The lowest BCUT2D eigenvalue weighted by Gasteiger charge is -2.24. The molecule has 1 saturated carbocycles. The van der Waals surface area contributed by atoms with E-state index in [9.17, 15) is 4.79 Å². The summed E-state index contributed by atoms with van der Waals surface area (Å²) in [6.45, 7) is 5.11. The van der Waals surface area contributed by atoms with Crippen LogP contribution in [-0.4, -0.2) is 28.4 Å². The molecule has 1 aliphatic carbocycles. The molecular formula is C18H22N2O. The Balaban J connectivity index is 1.73. The molecule has 0 spiro atoms. The fourth-order valence-electron chi connectivity index (χ4n) is 4.19. The third-order valence-corrected chi connectivity index (χ3v) is 5.34. The van der Waals surface area contributed by atoms with Crippen LogP contribution in [0.4, 0.5) is 0 Å². The van der Waals surface area contributed by atoms with E-state index in [1.165, 1.54) is 36.6 Å². The van der Waals surface area contributed by atoms with Crippen molar-refractivity contribution in [3.63, 3.8) is 0 Å². The van der Waals surface area contributed by atoms with Crippen molar-refractivity contribution in [2.75, 3.05) is 6.54 Å². The lowest BCUT2D eigenvalue weighted by molar-refractivity contribution is 0.0727. The lowest BCUT2D eigenvalue weighted by Crippen LogP contribution is -2.35. The number of carbonyl (C=O) groups excluding carboxylic acids is 1. The predicted octanol–water partition coefficient (Wildman–Crippen LogP) is 3.80. The Kier molecular flexibility index (Phi) is 2.84. The van der Waals surface area contributed by atoms with Crippen LogP contribution in [0.3, 0.4) is 0 Å². The topological polar surface area (TPSA) is 36.1 Å². The molecule has 110 valence electrons. The molecule has 2 aliphatic rings. The summed E-state index contributed by atoms with van der Waals surface area (Å²) in [5, 5.41) is 1.18. The summed E-state index contributed by atoms with van der Waals surface area (Å²) in [4.78, 5) is 18.4. The van der Waals surface area contributed by atoms with Crippen LogP contribution in [0.1, 0.15) is 47.3 Å². The summed E-state index contributed by atoms with van der Waals surface area (Å²) in [6, 6.07) is 6.82. The molecule has 4 rings (SSSR count). The molecule has 1 aliphatic heterocycles. The number of hydrogen-bond acceptors (Lipinski definition) is 1. The molecule has 21 heavy (non-hydrogen) atoms. The van der Waals surface area contributed by atoms with E-state index < -0.39 is 0 Å². The van der Waals surface area contributed by atoms with Gasteiger partial charge in [0.25, 0.3) is 5.91 Å². The van der Waals surface area contributed by atoms with Crippen LogP contribution >= 0.6 is 0 Å². The number of aryl methyl sites for hydroxylation is 2. The summed E-state index contributed by atoms with van der Waals surface area (Å²) in [5.74, 6) is 0.940. The van der Waals surface area contributed by atoms with Gasteiger partial charge in [-0.1, -0.05) is 18.1 Å². The molecule has 1 aromatic carbocycles. The Morgan fingerprint density at radius 2 is 2.14 bits per heavy atom. The average molecular weight is 282 g/mol. The van der Waals surface area contributed by atoms with Crippen LogP contribution in [0.2, 0.25) is 0 Å². The first kappa shape index (κ1) is 12.9. The fourth-order valence-corrected chi connectivity index (χ4v) is 4.19. The first-order valence-electron chi connectivity index (χ1n) is 8.03. The number of likely N-dealkylation sites (tertiary alicyclic amines) is 1. The zero-order chi connectivity index (χ0) is 14.6. The van der Waals surface area contributed by atoms with E-state index in [-0.39, 0.29) is 5.91 Å². The van der Waals surface area contributed by atoms with Gasteiger partial charge in [0.15, 0.2) is 0 Å². The summed E-state index contributed by atoms with van der Waals surface area (Å²) in [7, 11) is 0. The van der Waals surface area contributed by atoms with E-state index in [4.69, 9.17) is 0 Å². The minimum atomic E-state index is 0.204. The summed E-state index contributed by atoms with van der Waals surface area (Å²) in [6.07, 6.45) is 4.97. The van der Waals surface area contributed by atoms with E-state index in [0.717, 1.165) is 29.2 Å². The maximum atomic E-state index is 13.0. The monoisotopic (exact) mass is 282 g/mol. The highest BCUT2D eigenvalue weighted by Crippen LogP contribution is 2.36. The van der Waals surface area contributed by atoms with Gasteiger partial charge in [-0.05, 0) is 56.7 Å². The van der Waals surface area contributed by atoms with Crippen LogP contribution in [0.15, 0.2) is 18.2 Å². The highest BCUT2D eigenvalue weighted by atomic mass is 16.2. The van der Waals surface area contributed by atoms with Gasteiger partial charge in [0.2, 0.25) is 0 Å². The van der Waals surface area contributed by atoms with Crippen molar-refractivity contribution in [1.82, 2.24) is 9.88 Å². The third-order valence-electron chi connectivity index (χ3n) is 5.34. The molecule has 3 nitrogen and oxygen atoms in total. The van der Waals surface area contributed by atoms with E-state index in [0.29, 0.717) is 6.04 Å². The van der Waals surface area contributed by atoms with Crippen molar-refractivity contribution in [2.45, 2.75) is 45.6 Å². The number of H-pyrrole nitrogens is 1. The molecule has 2 heterocycles. The first-order valence-corrected chi connectivity index (χ1v) is 8.03. The van der Waals surface area contributed by atoms with Crippen LogP contribution in [-0.2, 0) is 0 Å². The number of rotatable bonds is 1. The molecule has 2 atom stereocenters. The van der Waals surface area contributed by atoms with Gasteiger partial charge in [-0.15, -0.1) is 0 Å². The predicted molar refractivity (Wildman–Crippen MR) is 84.6 cm³/mol. The van der Waals surface area contributed by atoms with Gasteiger partial charge in [0.1, 0.15) is 5.69 Å². The molecule has 0 unspecified atom stereocenters. The molecule has 1 saturated heterocycles. The van der Waals surface area contributed by atoms with Gasteiger partial charge in [-0.3, -0.25) is 4.79 Å². The summed E-state index contributed by atoms with van der Waals surface area (Å²) >= 11 is 0. The maximum absolute atomic E-state index is 13.0. The standard InChI is InChI=1S/C18H22N2O/c1-11-6-7-16-15(8-11)12(2)17(19-16)18(21)20-10-13-4-3-5-14(20)9-13/h6-8,13-14,19H,3-5,9-10H2,1-2H3/t13-,14+/m0/s1. The zero-order valence-corrected chi connectivity index (χ0v) is 12.8. The van der Waals surface area contributed by atoms with Gasteiger partial charge >= 0.3 is 0 Å². The number of nitrogens with zero attached hydrogens (tertiary/aromatic N) is 1. The second kappa shape index (κ2) is 4.62. The number of fused-ring (bicyclic) bond motifs is 3. The second-order valence-corrected chi connectivity index (χ2v) is 6.82. The molecule has 3 heteroatoms. The molecule has 2 aromatic rings. The largest absolute Gasteiger partial charge is 0.350 e. The number of aromatic nitrogens is 1. The number of nitrogens with one attached hydrogen (secondary N) is 1. The fraction of sp³-hybridized carbons (Fsp3) is 0.500. The molecule has 0 radical (unpaired) electrons. The minimum Gasteiger partial charge on any atom is -0.350 e. The van der Waals surface area contributed by atoms with Gasteiger partial charge in [0.05, 0.1) is 0 Å². The van der Waals surface area contributed by atoms with Crippen molar-refractivity contribution in [2.24, 2.45) is 5.92 Å². The van der Waals surface area contributed by atoms with Crippen molar-refractivity contribution < 1.29 is 4.79 Å². The number of carbonyl (C=O) groups is 1. The lowest BCUT2D eigenvalue weighted by atomic mass is 9.90. The van der Waals surface area contributed by atoms with Gasteiger partial charge < -0.3 is 9.88 Å². The van der Waals surface area contributed by atoms with Gasteiger partial charge in [-0.2, -0.15) is 0 Å². The number of benzene rings is 1. The van der Waals surface area contributed by atoms with E-state index >= 15 is 0 Å². The minimum absolute atomic E-state index is 0.204. The Morgan fingerprint density at radius 1 is 1.29 bits per heavy atom. The highest BCUT2D eigenvalue weighted by molar-refractivity contribution is 6.01. The zero-order valence-electron chi connectivity index (χ0n) is 12.8. The number of hydrogen-bond donors (Lipinski definition) is 1. The Bertz CT molecular complexity index is 715. The van der Waals surface area contributed by atoms with Crippen LogP contribution in [0.5, 0.6) is 0 Å². The van der Waals surface area contributed by atoms with E-state index in [1.807, 2.05) is 0 Å². The number of amides is 1. The molecule has 2 bridgehead atoms. The highest BCUT2D eigenvalue weighted by Gasteiger charge is 2.38. The van der Waals surface area contributed by atoms with Crippen LogP contribution < -0.4 is 0 Å². The van der Waals surface area contributed by atoms with Crippen molar-refractivity contribution in [1.29, 1.82) is 0 Å². The second-order valence-electron chi connectivity index (χ2n) is 6.82. The smallest absolute Gasteiger partial charge is 0.270 e. The third kappa shape index (κ3) is 1.98. The molecule has 1 aromatic heterocycles. The van der Waals surface area contributed by atoms with Crippen molar-refractivity contribution in [3.05, 3.63) is 35.0 Å². The molecule has 2 fully saturated rings. The molecule has 1 amide bonds. The molecular weight excluding hydrogens is 260 g/mol. The SMILES string of the molecule is Cc1ccc2[nH]c(C(=O)N3C[C@H]4CCC[C@@H]3C4)c(C)c2c1. The number of aromatic amines is 1. The normalized spacial score (nSPS) is 24.8. The Labute approximate surface area is 125 Å². The first-order chi connectivity index (χ1) is 10.1. The summed E-state index contributed by atoms with van der Waals surface area (Å²) in [5.41, 5.74) is 4.20. The van der Waals surface area contributed by atoms with Gasteiger partial charge in [0, 0.05) is 23.5 Å². The molecule has 1 N–H and O–H groups in total. The maximum Gasteiger partial charge on any atom is 0.270 e. The Hall–Kier alpha value is -1.77. The van der Waals surface area contributed by atoms with Gasteiger partial charge in [-0.25, -0.2) is 0 Å². The quantitative estimate of drug-likeness (QED) is 0.848. The van der Waals surface area contributed by atoms with Crippen LogP contribution in [0.25, 0.3) is 10.9 Å².